The van der Waals surface area contributed by atoms with Gasteiger partial charge in [0.15, 0.2) is 11.6 Å². The van der Waals surface area contributed by atoms with Crippen LogP contribution in [0.25, 0.3) is 0 Å². The highest BCUT2D eigenvalue weighted by atomic mass is 35.5. The first-order chi connectivity index (χ1) is 12.7. The topological polar surface area (TPSA) is 63.2 Å². The maximum Gasteiger partial charge on any atom is 0.320 e. The van der Waals surface area contributed by atoms with Crippen LogP contribution in [-0.2, 0) is 13.2 Å². The van der Waals surface area contributed by atoms with Crippen molar-refractivity contribution in [3.63, 3.8) is 0 Å². The third kappa shape index (κ3) is 5.22. The van der Waals surface area contributed by atoms with Crippen LogP contribution in [0.4, 0.5) is 10.6 Å². The van der Waals surface area contributed by atoms with Crippen molar-refractivity contribution in [3.05, 3.63) is 89.1 Å². The molecule has 0 saturated heterocycles. The van der Waals surface area contributed by atoms with Gasteiger partial charge in [0.1, 0.15) is 6.61 Å². The van der Waals surface area contributed by atoms with E-state index in [9.17, 15) is 4.79 Å². The Hall–Kier alpha value is -3.05. The summed E-state index contributed by atoms with van der Waals surface area (Å²) < 4.78 is 5.78. The monoisotopic (exact) mass is 367 g/mol. The molecule has 0 aliphatic carbocycles. The second-order valence-corrected chi connectivity index (χ2v) is 6.00. The number of pyridine rings is 1. The number of anilines is 1. The third-order valence-corrected chi connectivity index (χ3v) is 3.82. The van der Waals surface area contributed by atoms with Crippen molar-refractivity contribution in [1.82, 2.24) is 10.3 Å². The number of carbonyl (C=O) groups excluding carboxylic acids is 1. The minimum atomic E-state index is -0.347. The molecule has 132 valence electrons. The van der Waals surface area contributed by atoms with E-state index in [-0.39, 0.29) is 6.03 Å². The SMILES string of the molecule is O=C(NCc1ccccc1)Nc1ncccc1OCc1cccc(Cl)c1. The van der Waals surface area contributed by atoms with E-state index < -0.39 is 0 Å². The van der Waals surface area contributed by atoms with Gasteiger partial charge in [0.05, 0.1) is 0 Å². The molecule has 1 heterocycles. The molecule has 6 heteroatoms. The molecular formula is C20H18ClN3O2. The summed E-state index contributed by atoms with van der Waals surface area (Å²) in [6.07, 6.45) is 1.60. The molecule has 0 saturated carbocycles. The molecule has 3 aromatic rings. The normalized spacial score (nSPS) is 10.2. The summed E-state index contributed by atoms with van der Waals surface area (Å²) in [6.45, 7) is 0.755. The first-order valence-corrected chi connectivity index (χ1v) is 8.49. The number of hydrogen-bond acceptors (Lipinski definition) is 3. The van der Waals surface area contributed by atoms with Crippen LogP contribution in [0.1, 0.15) is 11.1 Å². The zero-order valence-electron chi connectivity index (χ0n) is 14.0. The van der Waals surface area contributed by atoms with Crippen LogP contribution in [0.15, 0.2) is 72.9 Å². The van der Waals surface area contributed by atoms with Crippen molar-refractivity contribution in [2.24, 2.45) is 0 Å². The summed E-state index contributed by atoms with van der Waals surface area (Å²) in [6, 6.07) is 20.2. The van der Waals surface area contributed by atoms with E-state index in [2.05, 4.69) is 15.6 Å². The van der Waals surface area contributed by atoms with Crippen molar-refractivity contribution in [2.75, 3.05) is 5.32 Å². The van der Waals surface area contributed by atoms with Crippen molar-refractivity contribution < 1.29 is 9.53 Å². The largest absolute Gasteiger partial charge is 0.485 e. The lowest BCUT2D eigenvalue weighted by Gasteiger charge is -2.12. The van der Waals surface area contributed by atoms with Gasteiger partial charge in [0, 0.05) is 17.8 Å². The molecule has 0 unspecified atom stereocenters. The molecule has 1 aromatic heterocycles. The molecule has 0 atom stereocenters. The van der Waals surface area contributed by atoms with Gasteiger partial charge in [-0.2, -0.15) is 0 Å². The number of rotatable bonds is 6. The van der Waals surface area contributed by atoms with Crippen molar-refractivity contribution in [2.45, 2.75) is 13.2 Å². The van der Waals surface area contributed by atoms with Gasteiger partial charge >= 0.3 is 6.03 Å². The smallest absolute Gasteiger partial charge is 0.320 e. The maximum atomic E-state index is 12.1. The van der Waals surface area contributed by atoms with E-state index in [1.165, 1.54) is 0 Å². The highest BCUT2D eigenvalue weighted by molar-refractivity contribution is 6.30. The predicted octanol–water partition coefficient (Wildman–Crippen LogP) is 4.64. The second-order valence-electron chi connectivity index (χ2n) is 5.56. The molecule has 2 aromatic carbocycles. The number of ether oxygens (including phenoxy) is 1. The zero-order chi connectivity index (χ0) is 18.2. The molecule has 0 spiro atoms. The van der Waals surface area contributed by atoms with Crippen LogP contribution in [0, 0.1) is 0 Å². The summed E-state index contributed by atoms with van der Waals surface area (Å²) in [7, 11) is 0. The van der Waals surface area contributed by atoms with E-state index in [0.29, 0.717) is 29.7 Å². The number of urea groups is 1. The summed E-state index contributed by atoms with van der Waals surface area (Å²) in [5.41, 5.74) is 1.95. The Morgan fingerprint density at radius 3 is 2.62 bits per heavy atom. The van der Waals surface area contributed by atoms with Gasteiger partial charge in [0.2, 0.25) is 0 Å². The summed E-state index contributed by atoms with van der Waals surface area (Å²) in [4.78, 5) is 16.3. The molecule has 0 radical (unpaired) electrons. The van der Waals surface area contributed by atoms with Crippen LogP contribution in [0.2, 0.25) is 5.02 Å². The van der Waals surface area contributed by atoms with Crippen LogP contribution in [0.5, 0.6) is 5.75 Å². The number of aromatic nitrogens is 1. The lowest BCUT2D eigenvalue weighted by atomic mass is 10.2. The second kappa shape index (κ2) is 8.87. The number of amides is 2. The average Bonchev–Trinajstić information content (AvgIpc) is 2.67. The standard InChI is InChI=1S/C20H18ClN3O2/c21-17-9-4-8-16(12-17)14-26-18-10-5-11-22-19(18)24-20(25)23-13-15-6-2-1-3-7-15/h1-12H,13-14H2,(H2,22,23,24,25). The van der Waals surface area contributed by atoms with Crippen molar-refractivity contribution in [1.29, 1.82) is 0 Å². The summed E-state index contributed by atoms with van der Waals surface area (Å²) >= 11 is 5.98. The van der Waals surface area contributed by atoms with Gasteiger partial charge < -0.3 is 10.1 Å². The molecule has 0 aliphatic heterocycles. The Bertz CT molecular complexity index is 872. The van der Waals surface area contributed by atoms with E-state index in [4.69, 9.17) is 16.3 Å². The van der Waals surface area contributed by atoms with Crippen molar-refractivity contribution in [3.8, 4) is 5.75 Å². The molecule has 0 bridgehead atoms. The van der Waals surface area contributed by atoms with E-state index >= 15 is 0 Å². The summed E-state index contributed by atoms with van der Waals surface area (Å²) in [5, 5.41) is 6.16. The predicted molar refractivity (Wildman–Crippen MR) is 102 cm³/mol. The van der Waals surface area contributed by atoms with Gasteiger partial charge in [-0.1, -0.05) is 54.1 Å². The highest BCUT2D eigenvalue weighted by Gasteiger charge is 2.09. The van der Waals surface area contributed by atoms with E-state index in [1.807, 2.05) is 48.5 Å². The van der Waals surface area contributed by atoms with Crippen LogP contribution in [0.3, 0.4) is 0 Å². The van der Waals surface area contributed by atoms with Gasteiger partial charge in [-0.25, -0.2) is 9.78 Å². The number of hydrogen-bond donors (Lipinski definition) is 2. The third-order valence-electron chi connectivity index (χ3n) is 3.58. The van der Waals surface area contributed by atoms with Crippen molar-refractivity contribution >= 4 is 23.4 Å². The molecule has 5 nitrogen and oxygen atoms in total. The Morgan fingerprint density at radius 1 is 1.00 bits per heavy atom. The van der Waals surface area contributed by atoms with Gasteiger partial charge in [-0.05, 0) is 35.4 Å². The molecule has 0 aliphatic rings. The summed E-state index contributed by atoms with van der Waals surface area (Å²) in [5.74, 6) is 0.849. The Morgan fingerprint density at radius 2 is 1.81 bits per heavy atom. The number of nitrogens with zero attached hydrogens (tertiary/aromatic N) is 1. The van der Waals surface area contributed by atoms with E-state index in [1.54, 1.807) is 24.4 Å². The quantitative estimate of drug-likeness (QED) is 0.667. The number of halogens is 1. The molecule has 2 amide bonds. The fraction of sp³-hybridized carbons (Fsp3) is 0.100. The minimum absolute atomic E-state index is 0.326. The number of carbonyl (C=O) groups is 1. The van der Waals surface area contributed by atoms with Gasteiger partial charge in [-0.15, -0.1) is 0 Å². The molecular weight excluding hydrogens is 350 g/mol. The lowest BCUT2D eigenvalue weighted by molar-refractivity contribution is 0.251. The van der Waals surface area contributed by atoms with Gasteiger partial charge in [-0.3, -0.25) is 5.32 Å². The number of benzene rings is 2. The lowest BCUT2D eigenvalue weighted by Crippen LogP contribution is -2.28. The fourth-order valence-corrected chi connectivity index (χ4v) is 2.53. The minimum Gasteiger partial charge on any atom is -0.485 e. The Kier molecular flexibility index (Phi) is 6.06. The molecule has 2 N–H and O–H groups in total. The van der Waals surface area contributed by atoms with Gasteiger partial charge in [0.25, 0.3) is 0 Å². The first kappa shape index (κ1) is 17.8. The molecule has 0 fully saturated rings. The molecule has 3 rings (SSSR count). The van der Waals surface area contributed by atoms with Crippen LogP contribution < -0.4 is 15.4 Å². The highest BCUT2D eigenvalue weighted by Crippen LogP contribution is 2.22. The average molecular weight is 368 g/mol. The Labute approximate surface area is 157 Å². The van der Waals surface area contributed by atoms with Crippen LogP contribution in [-0.4, -0.2) is 11.0 Å². The number of nitrogens with one attached hydrogen (secondary N) is 2. The molecule has 26 heavy (non-hydrogen) atoms. The Balaban J connectivity index is 1.58. The van der Waals surface area contributed by atoms with Crippen LogP contribution >= 0.6 is 11.6 Å². The van der Waals surface area contributed by atoms with E-state index in [0.717, 1.165) is 11.1 Å². The zero-order valence-corrected chi connectivity index (χ0v) is 14.7. The fourth-order valence-electron chi connectivity index (χ4n) is 2.32. The maximum absolute atomic E-state index is 12.1. The first-order valence-electron chi connectivity index (χ1n) is 8.12.